The van der Waals surface area contributed by atoms with Crippen LogP contribution in [0.25, 0.3) is 5.65 Å². The summed E-state index contributed by atoms with van der Waals surface area (Å²) in [4.78, 5) is 19.4. The molecule has 1 aliphatic heterocycles. The van der Waals surface area contributed by atoms with Gasteiger partial charge in [-0.05, 0) is 49.9 Å². The Bertz CT molecular complexity index is 959. The van der Waals surface area contributed by atoms with Gasteiger partial charge < -0.3 is 9.30 Å². The highest BCUT2D eigenvalue weighted by Crippen LogP contribution is 2.32. The number of hydrogen-bond donors (Lipinski definition) is 0. The van der Waals surface area contributed by atoms with Gasteiger partial charge in [-0.25, -0.2) is 9.37 Å². The molecular weight excluding hydrogens is 341 g/mol. The molecule has 1 fully saturated rings. The van der Waals surface area contributed by atoms with Crippen molar-refractivity contribution in [2.24, 2.45) is 0 Å². The molecule has 0 bridgehead atoms. The number of halogens is 1. The van der Waals surface area contributed by atoms with Crippen molar-refractivity contribution in [2.45, 2.75) is 38.5 Å². The van der Waals surface area contributed by atoms with Crippen LogP contribution in [0.4, 0.5) is 4.39 Å². The number of aryl methyl sites for hydroxylation is 1. The van der Waals surface area contributed by atoms with E-state index in [1.807, 2.05) is 40.5 Å². The minimum atomic E-state index is -0.364. The van der Waals surface area contributed by atoms with Crippen LogP contribution in [0, 0.1) is 12.7 Å². The molecule has 1 amide bonds. The molecule has 1 aliphatic rings. The highest BCUT2D eigenvalue weighted by atomic mass is 19.1. The van der Waals surface area contributed by atoms with Crippen molar-refractivity contribution < 1.29 is 9.18 Å². The van der Waals surface area contributed by atoms with E-state index in [9.17, 15) is 9.18 Å². The number of nitrogens with zero attached hydrogens (tertiary/aromatic N) is 3. The van der Waals surface area contributed by atoms with Crippen molar-refractivity contribution in [3.05, 3.63) is 71.4 Å². The van der Waals surface area contributed by atoms with Gasteiger partial charge in [-0.3, -0.25) is 4.79 Å². The van der Waals surface area contributed by atoms with Gasteiger partial charge in [0.2, 0.25) is 5.91 Å². The maximum atomic E-state index is 14.7. The molecule has 0 spiro atoms. The smallest absolute Gasteiger partial charge is 0.223 e. The van der Waals surface area contributed by atoms with E-state index in [-0.39, 0.29) is 24.1 Å². The molecule has 27 heavy (non-hydrogen) atoms. The molecule has 1 atom stereocenters. The Balaban J connectivity index is 1.76. The molecule has 3 heterocycles. The number of hydrogen-bond acceptors (Lipinski definition) is 2. The van der Waals surface area contributed by atoms with Crippen molar-refractivity contribution in [1.82, 2.24) is 14.3 Å². The lowest BCUT2D eigenvalue weighted by atomic mass is 9.91. The van der Waals surface area contributed by atoms with Gasteiger partial charge in [0.05, 0.1) is 5.69 Å². The van der Waals surface area contributed by atoms with Gasteiger partial charge in [-0.2, -0.15) is 0 Å². The van der Waals surface area contributed by atoms with Gasteiger partial charge in [0.25, 0.3) is 0 Å². The molecule has 0 aliphatic carbocycles. The maximum Gasteiger partial charge on any atom is 0.223 e. The number of pyridine rings is 1. The molecule has 1 unspecified atom stereocenters. The Hall–Kier alpha value is -2.69. The van der Waals surface area contributed by atoms with E-state index in [1.54, 1.807) is 18.3 Å². The average molecular weight is 365 g/mol. The first kappa shape index (κ1) is 17.7. The van der Waals surface area contributed by atoms with Gasteiger partial charge >= 0.3 is 0 Å². The normalized spacial score (nSPS) is 15.9. The zero-order valence-electron chi connectivity index (χ0n) is 15.6. The number of likely N-dealkylation sites (tertiary alicyclic amines) is 1. The van der Waals surface area contributed by atoms with E-state index in [0.29, 0.717) is 5.56 Å². The number of fused-ring (bicyclic) bond motifs is 1. The molecule has 1 aromatic carbocycles. The summed E-state index contributed by atoms with van der Waals surface area (Å²) >= 11 is 0. The molecule has 4 nitrogen and oxygen atoms in total. The zero-order chi connectivity index (χ0) is 18.8. The standard InChI is InChI=1S/C22H24FN3O/c1-16-8-7-11-21-24-15-20(26(16)21)18(17-9-3-4-10-19(17)23)14-22(27)25-12-5-2-6-13-25/h3-4,7-11,15,18H,2,5-6,12-14H2,1H3. The number of piperidine rings is 1. The Morgan fingerprint density at radius 3 is 2.67 bits per heavy atom. The minimum Gasteiger partial charge on any atom is -0.343 e. The fraction of sp³-hybridized carbons (Fsp3) is 0.364. The van der Waals surface area contributed by atoms with Crippen LogP contribution in [0.3, 0.4) is 0 Å². The second-order valence-electron chi connectivity index (χ2n) is 7.26. The third kappa shape index (κ3) is 3.46. The Kier molecular flexibility index (Phi) is 4.92. The SMILES string of the molecule is Cc1cccc2ncc(C(CC(=O)N3CCCCC3)c3ccccc3F)n12. The van der Waals surface area contributed by atoms with E-state index < -0.39 is 0 Å². The number of carbonyl (C=O) groups is 1. The fourth-order valence-electron chi connectivity index (χ4n) is 4.05. The molecule has 2 aromatic heterocycles. The number of amides is 1. The molecule has 0 saturated carbocycles. The van der Waals surface area contributed by atoms with Crippen molar-refractivity contribution in [3.63, 3.8) is 0 Å². The largest absolute Gasteiger partial charge is 0.343 e. The van der Waals surface area contributed by atoms with Gasteiger partial charge in [0.1, 0.15) is 11.5 Å². The zero-order valence-corrected chi connectivity index (χ0v) is 15.6. The van der Waals surface area contributed by atoms with E-state index in [2.05, 4.69) is 4.98 Å². The molecule has 0 N–H and O–H groups in total. The molecule has 4 rings (SSSR count). The molecule has 1 saturated heterocycles. The van der Waals surface area contributed by atoms with Crippen molar-refractivity contribution in [1.29, 1.82) is 0 Å². The third-order valence-electron chi connectivity index (χ3n) is 5.48. The van der Waals surface area contributed by atoms with E-state index in [0.717, 1.165) is 43.0 Å². The van der Waals surface area contributed by atoms with Gasteiger partial charge in [0, 0.05) is 37.3 Å². The molecule has 0 radical (unpaired) electrons. The Labute approximate surface area is 158 Å². The first-order valence-electron chi connectivity index (χ1n) is 9.60. The van der Waals surface area contributed by atoms with Crippen molar-refractivity contribution in [3.8, 4) is 0 Å². The second kappa shape index (κ2) is 7.51. The van der Waals surface area contributed by atoms with E-state index >= 15 is 0 Å². The predicted octanol–water partition coefficient (Wildman–Crippen LogP) is 4.32. The lowest BCUT2D eigenvalue weighted by molar-refractivity contribution is -0.132. The molecule has 3 aromatic rings. The van der Waals surface area contributed by atoms with Gasteiger partial charge in [-0.15, -0.1) is 0 Å². The van der Waals surface area contributed by atoms with Crippen molar-refractivity contribution in [2.75, 3.05) is 13.1 Å². The minimum absolute atomic E-state index is 0.0893. The Morgan fingerprint density at radius 1 is 1.11 bits per heavy atom. The van der Waals surface area contributed by atoms with Crippen LogP contribution >= 0.6 is 0 Å². The number of aromatic nitrogens is 2. The lowest BCUT2D eigenvalue weighted by Crippen LogP contribution is -2.36. The van der Waals surface area contributed by atoms with Crippen LogP contribution in [0.1, 0.15) is 48.6 Å². The van der Waals surface area contributed by atoms with Crippen LogP contribution in [0.2, 0.25) is 0 Å². The molecule has 140 valence electrons. The first-order valence-corrected chi connectivity index (χ1v) is 9.60. The third-order valence-corrected chi connectivity index (χ3v) is 5.48. The highest BCUT2D eigenvalue weighted by molar-refractivity contribution is 5.78. The Morgan fingerprint density at radius 2 is 1.89 bits per heavy atom. The fourth-order valence-corrected chi connectivity index (χ4v) is 4.05. The van der Waals surface area contributed by atoms with Crippen LogP contribution in [0.15, 0.2) is 48.7 Å². The number of carbonyl (C=O) groups excluding carboxylic acids is 1. The average Bonchev–Trinajstić information content (AvgIpc) is 3.13. The maximum absolute atomic E-state index is 14.7. The monoisotopic (exact) mass is 365 g/mol. The molecule has 5 heteroatoms. The molecular formula is C22H24FN3O. The number of imidazole rings is 1. The topological polar surface area (TPSA) is 37.6 Å². The summed E-state index contributed by atoms with van der Waals surface area (Å²) in [6, 6.07) is 12.6. The van der Waals surface area contributed by atoms with Crippen LogP contribution in [-0.2, 0) is 4.79 Å². The second-order valence-corrected chi connectivity index (χ2v) is 7.26. The summed E-state index contributed by atoms with van der Waals surface area (Å²) in [5.41, 5.74) is 3.25. The van der Waals surface area contributed by atoms with E-state index in [1.165, 1.54) is 12.5 Å². The van der Waals surface area contributed by atoms with Crippen LogP contribution < -0.4 is 0 Å². The summed E-state index contributed by atoms with van der Waals surface area (Å²) in [7, 11) is 0. The predicted molar refractivity (Wildman–Crippen MR) is 103 cm³/mol. The van der Waals surface area contributed by atoms with Gasteiger partial charge in [0.15, 0.2) is 0 Å². The summed E-state index contributed by atoms with van der Waals surface area (Å²) < 4.78 is 16.7. The summed E-state index contributed by atoms with van der Waals surface area (Å²) in [5.74, 6) is -0.555. The number of rotatable bonds is 4. The first-order chi connectivity index (χ1) is 13.1. The lowest BCUT2D eigenvalue weighted by Gasteiger charge is -2.28. The summed E-state index contributed by atoms with van der Waals surface area (Å²) in [6.07, 6.45) is 5.30. The van der Waals surface area contributed by atoms with E-state index in [4.69, 9.17) is 0 Å². The van der Waals surface area contributed by atoms with Crippen LogP contribution in [0.5, 0.6) is 0 Å². The summed E-state index contributed by atoms with van der Waals surface area (Å²) in [5, 5.41) is 0. The van der Waals surface area contributed by atoms with Gasteiger partial charge in [-0.1, -0.05) is 24.3 Å². The highest BCUT2D eigenvalue weighted by Gasteiger charge is 2.27. The number of benzene rings is 1. The quantitative estimate of drug-likeness (QED) is 0.691. The van der Waals surface area contributed by atoms with Crippen molar-refractivity contribution >= 4 is 11.6 Å². The summed E-state index contributed by atoms with van der Waals surface area (Å²) in [6.45, 7) is 3.60. The van der Waals surface area contributed by atoms with Crippen LogP contribution in [-0.4, -0.2) is 33.3 Å².